The molecule has 2 saturated carbocycles. The van der Waals surface area contributed by atoms with Crippen LogP contribution in [0.4, 0.5) is 4.79 Å². The van der Waals surface area contributed by atoms with Crippen molar-refractivity contribution in [2.24, 2.45) is 5.41 Å². The molecule has 0 saturated heterocycles. The Bertz CT molecular complexity index is 1180. The molecule has 0 aromatic heterocycles. The van der Waals surface area contributed by atoms with Gasteiger partial charge in [-0.05, 0) is 113 Å². The SMILES string of the molecule is CC(C)(C)OC(=O)N(OP(=O)(O)O)C(C)(C)c1ccc2cc(OC3CCC4(CCCCC4)CC3)ccc2c1. The lowest BCUT2D eigenvalue weighted by atomic mass is 9.65. The summed E-state index contributed by atoms with van der Waals surface area (Å²) in [5.41, 5.74) is -0.938. The molecule has 0 aliphatic heterocycles. The molecule has 0 radical (unpaired) electrons. The maximum absolute atomic E-state index is 12.9. The van der Waals surface area contributed by atoms with E-state index in [1.54, 1.807) is 34.6 Å². The highest BCUT2D eigenvalue weighted by Gasteiger charge is 2.41. The lowest BCUT2D eigenvalue weighted by Crippen LogP contribution is -2.47. The van der Waals surface area contributed by atoms with Gasteiger partial charge >= 0.3 is 13.9 Å². The zero-order chi connectivity index (χ0) is 27.8. The van der Waals surface area contributed by atoms with Crippen molar-refractivity contribution >= 4 is 24.7 Å². The summed E-state index contributed by atoms with van der Waals surface area (Å²) in [5.74, 6) is 0.842. The molecule has 0 unspecified atom stereocenters. The third-order valence-electron chi connectivity index (χ3n) is 7.98. The Hall–Kier alpha value is -2.12. The van der Waals surface area contributed by atoms with Gasteiger partial charge in [-0.3, -0.25) is 0 Å². The molecule has 38 heavy (non-hydrogen) atoms. The first-order valence-electron chi connectivity index (χ1n) is 13.7. The van der Waals surface area contributed by atoms with Crippen LogP contribution in [-0.2, 0) is 19.5 Å². The maximum Gasteiger partial charge on any atom is 0.491 e. The van der Waals surface area contributed by atoms with E-state index in [0.29, 0.717) is 16.0 Å². The summed E-state index contributed by atoms with van der Waals surface area (Å²) in [5, 5.41) is 2.51. The molecule has 2 aromatic carbocycles. The molecule has 2 N–H and O–H groups in total. The fraction of sp³-hybridized carbons (Fsp3) is 0.621. The monoisotopic (exact) mass is 547 g/mol. The number of nitrogens with zero attached hydrogens (tertiary/aromatic N) is 1. The van der Waals surface area contributed by atoms with Crippen molar-refractivity contribution in [3.05, 3.63) is 42.0 Å². The van der Waals surface area contributed by atoms with Crippen LogP contribution < -0.4 is 4.74 Å². The zero-order valence-electron chi connectivity index (χ0n) is 23.2. The average molecular weight is 548 g/mol. The summed E-state index contributed by atoms with van der Waals surface area (Å²) in [6.45, 7) is 8.31. The lowest BCUT2D eigenvalue weighted by molar-refractivity contribution is -0.141. The van der Waals surface area contributed by atoms with Crippen LogP contribution in [0, 0.1) is 5.41 Å². The minimum absolute atomic E-state index is 0.241. The van der Waals surface area contributed by atoms with Gasteiger partial charge in [0.05, 0.1) is 11.6 Å². The highest BCUT2D eigenvalue weighted by molar-refractivity contribution is 7.46. The Labute approximate surface area is 225 Å². The second-order valence-corrected chi connectivity index (χ2v) is 13.7. The van der Waals surface area contributed by atoms with E-state index in [1.807, 2.05) is 36.4 Å². The summed E-state index contributed by atoms with van der Waals surface area (Å²) in [4.78, 5) is 31.8. The smallest absolute Gasteiger partial charge is 0.490 e. The Morgan fingerprint density at radius 2 is 1.53 bits per heavy atom. The number of hydroxylamine groups is 2. The second-order valence-electron chi connectivity index (χ2n) is 12.5. The maximum atomic E-state index is 12.9. The van der Waals surface area contributed by atoms with Crippen LogP contribution in [0.3, 0.4) is 0 Å². The van der Waals surface area contributed by atoms with E-state index in [9.17, 15) is 19.1 Å². The van der Waals surface area contributed by atoms with Gasteiger partial charge in [0.15, 0.2) is 0 Å². The van der Waals surface area contributed by atoms with E-state index >= 15 is 0 Å². The summed E-state index contributed by atoms with van der Waals surface area (Å²) in [7, 11) is -5.03. The quantitative estimate of drug-likeness (QED) is 0.283. The summed E-state index contributed by atoms with van der Waals surface area (Å²) in [6, 6.07) is 11.6. The Morgan fingerprint density at radius 1 is 0.921 bits per heavy atom. The number of fused-ring (bicyclic) bond motifs is 1. The summed E-state index contributed by atoms with van der Waals surface area (Å²) >= 11 is 0. The largest absolute Gasteiger partial charge is 0.491 e. The number of carbonyl (C=O) groups excluding carboxylic acids is 1. The molecule has 9 heteroatoms. The molecule has 2 aliphatic carbocycles. The fourth-order valence-corrected chi connectivity index (χ4v) is 6.37. The third kappa shape index (κ3) is 7.09. The minimum atomic E-state index is -5.03. The molecule has 0 heterocycles. The Kier molecular flexibility index (Phi) is 8.21. The molecular weight excluding hydrogens is 505 g/mol. The predicted octanol–water partition coefficient (Wildman–Crippen LogP) is 7.61. The van der Waals surface area contributed by atoms with Crippen LogP contribution in [0.5, 0.6) is 5.75 Å². The molecule has 8 nitrogen and oxygen atoms in total. The van der Waals surface area contributed by atoms with Crippen molar-refractivity contribution < 1.29 is 33.2 Å². The van der Waals surface area contributed by atoms with Gasteiger partial charge in [-0.15, -0.1) is 0 Å². The van der Waals surface area contributed by atoms with E-state index in [-0.39, 0.29) is 6.10 Å². The molecule has 0 bridgehead atoms. The molecule has 2 aromatic rings. The van der Waals surface area contributed by atoms with Crippen LogP contribution in [0.15, 0.2) is 36.4 Å². The first-order chi connectivity index (χ1) is 17.7. The predicted molar refractivity (Wildman–Crippen MR) is 147 cm³/mol. The van der Waals surface area contributed by atoms with Crippen LogP contribution >= 0.6 is 7.82 Å². The standard InChI is InChI=1S/C29H42NO7P/c1-27(2,3)36-26(31)30(37-38(32,33)34)28(4,5)23-11-9-22-20-25(12-10-21(22)19-23)35-24-13-17-29(18-14-24)15-7-6-8-16-29/h9-12,19-20,24H,6-8,13-18H2,1-5H3,(H2,32,33,34). The number of phosphoric acid groups is 1. The van der Waals surface area contributed by atoms with Gasteiger partial charge in [-0.2, -0.15) is 9.69 Å². The van der Waals surface area contributed by atoms with Crippen molar-refractivity contribution in [1.29, 1.82) is 0 Å². The van der Waals surface area contributed by atoms with Crippen LogP contribution in [-0.4, -0.2) is 32.6 Å². The van der Waals surface area contributed by atoms with Gasteiger partial charge in [0.1, 0.15) is 11.4 Å². The fourth-order valence-electron chi connectivity index (χ4n) is 5.88. The number of hydrogen-bond acceptors (Lipinski definition) is 5. The summed E-state index contributed by atoms with van der Waals surface area (Å²) < 4.78 is 28.3. The van der Waals surface area contributed by atoms with Gasteiger partial charge in [0.25, 0.3) is 0 Å². The van der Waals surface area contributed by atoms with Gasteiger partial charge in [-0.1, -0.05) is 37.5 Å². The number of amides is 1. The average Bonchev–Trinajstić information content (AvgIpc) is 2.82. The topological polar surface area (TPSA) is 106 Å². The second kappa shape index (κ2) is 10.8. The van der Waals surface area contributed by atoms with E-state index in [1.165, 1.54) is 44.9 Å². The molecule has 2 aliphatic rings. The van der Waals surface area contributed by atoms with E-state index < -0.39 is 25.1 Å². The van der Waals surface area contributed by atoms with Crippen LogP contribution in [0.25, 0.3) is 10.8 Å². The molecule has 210 valence electrons. The normalized spacial score (nSPS) is 18.9. The number of hydrogen-bond donors (Lipinski definition) is 2. The van der Waals surface area contributed by atoms with E-state index in [4.69, 9.17) is 14.1 Å². The third-order valence-corrected chi connectivity index (χ3v) is 8.36. The van der Waals surface area contributed by atoms with Crippen molar-refractivity contribution in [2.75, 3.05) is 0 Å². The van der Waals surface area contributed by atoms with Crippen molar-refractivity contribution in [2.45, 2.75) is 110 Å². The van der Waals surface area contributed by atoms with Gasteiger partial charge < -0.3 is 19.3 Å². The van der Waals surface area contributed by atoms with Gasteiger partial charge in [0.2, 0.25) is 0 Å². The number of ether oxygens (including phenoxy) is 2. The lowest BCUT2D eigenvalue weighted by Gasteiger charge is -2.42. The Morgan fingerprint density at radius 3 is 2.13 bits per heavy atom. The molecule has 2 fully saturated rings. The van der Waals surface area contributed by atoms with Crippen LogP contribution in [0.2, 0.25) is 0 Å². The highest BCUT2D eigenvalue weighted by Crippen LogP contribution is 2.48. The molecule has 4 rings (SSSR count). The summed E-state index contributed by atoms with van der Waals surface area (Å²) in [6.07, 6.45) is 10.8. The first kappa shape index (κ1) is 28.9. The minimum Gasteiger partial charge on any atom is -0.490 e. The molecular formula is C29H42NO7P. The zero-order valence-corrected chi connectivity index (χ0v) is 24.1. The van der Waals surface area contributed by atoms with Crippen molar-refractivity contribution in [3.8, 4) is 5.75 Å². The number of benzene rings is 2. The highest BCUT2D eigenvalue weighted by atomic mass is 31.2. The van der Waals surface area contributed by atoms with Crippen LogP contribution in [0.1, 0.15) is 98.0 Å². The molecule has 0 atom stereocenters. The van der Waals surface area contributed by atoms with E-state index in [0.717, 1.165) is 29.4 Å². The number of carbonyl (C=O) groups is 1. The van der Waals surface area contributed by atoms with Crippen molar-refractivity contribution in [1.82, 2.24) is 5.06 Å². The number of rotatable bonds is 6. The molecule has 1 spiro atoms. The first-order valence-corrected chi connectivity index (χ1v) is 15.2. The van der Waals surface area contributed by atoms with E-state index in [2.05, 4.69) is 0 Å². The Balaban J connectivity index is 1.50. The van der Waals surface area contributed by atoms with Gasteiger partial charge in [0, 0.05) is 0 Å². The molecule has 1 amide bonds. The van der Waals surface area contributed by atoms with Gasteiger partial charge in [-0.25, -0.2) is 9.36 Å². The van der Waals surface area contributed by atoms with Crippen molar-refractivity contribution in [3.63, 3.8) is 0 Å².